The molecule has 0 spiro atoms. The van der Waals surface area contributed by atoms with E-state index in [1.165, 1.54) is 0 Å². The van der Waals surface area contributed by atoms with E-state index >= 15 is 0 Å². The quantitative estimate of drug-likeness (QED) is 0.550. The molecule has 1 rings (SSSR count). The minimum atomic E-state index is -1.30. The lowest BCUT2D eigenvalue weighted by atomic mass is 9.96. The molecule has 0 aliphatic carbocycles. The van der Waals surface area contributed by atoms with E-state index in [4.69, 9.17) is 9.47 Å². The van der Waals surface area contributed by atoms with Crippen LogP contribution in [0.5, 0.6) is 0 Å². The molecule has 0 atom stereocenters. The van der Waals surface area contributed by atoms with Gasteiger partial charge in [0.05, 0.1) is 13.2 Å². The van der Waals surface area contributed by atoms with Crippen LogP contribution in [0.25, 0.3) is 0 Å². The van der Waals surface area contributed by atoms with Crippen molar-refractivity contribution in [2.24, 2.45) is 0 Å². The molecule has 0 bridgehead atoms. The Balaban J connectivity index is 2.91. The van der Waals surface area contributed by atoms with Crippen LogP contribution in [0.15, 0.2) is 0 Å². The fourth-order valence-electron chi connectivity index (χ4n) is 2.23. The number of hydrogen-bond donors (Lipinski definition) is 0. The Morgan fingerprint density at radius 3 is 1.83 bits per heavy atom. The first-order chi connectivity index (χ1) is 8.57. The summed E-state index contributed by atoms with van der Waals surface area (Å²) in [6, 6.07) is 0. The number of carbonyl (C=O) groups excluding carboxylic acids is 2. The number of esters is 2. The molecule has 0 N–H and O–H groups in total. The number of ether oxygens (including phenoxy) is 2. The van der Waals surface area contributed by atoms with Gasteiger partial charge in [0, 0.05) is 0 Å². The van der Waals surface area contributed by atoms with Crippen molar-refractivity contribution in [2.75, 3.05) is 26.3 Å². The third kappa shape index (κ3) is 3.02. The topological polar surface area (TPSA) is 55.8 Å². The zero-order chi connectivity index (χ0) is 13.6. The molecule has 0 amide bonds. The fourth-order valence-corrected chi connectivity index (χ4v) is 2.23. The minimum absolute atomic E-state index is 0.266. The number of piperidine rings is 1. The summed E-state index contributed by atoms with van der Waals surface area (Å²) in [5, 5.41) is 0. The lowest BCUT2D eigenvalue weighted by molar-refractivity contribution is -0.174. The summed E-state index contributed by atoms with van der Waals surface area (Å²) in [7, 11) is 0. The summed E-state index contributed by atoms with van der Waals surface area (Å²) < 4.78 is 10.1. The predicted molar refractivity (Wildman–Crippen MR) is 67.1 cm³/mol. The summed E-state index contributed by atoms with van der Waals surface area (Å²) >= 11 is 0. The molecule has 18 heavy (non-hydrogen) atoms. The monoisotopic (exact) mass is 257 g/mol. The molecule has 0 aromatic heterocycles. The van der Waals surface area contributed by atoms with E-state index in [0.29, 0.717) is 0 Å². The molecule has 1 saturated heterocycles. The van der Waals surface area contributed by atoms with Gasteiger partial charge in [0.25, 0.3) is 0 Å². The summed E-state index contributed by atoms with van der Waals surface area (Å²) in [6.45, 7) is 7.07. The van der Waals surface area contributed by atoms with Gasteiger partial charge in [-0.3, -0.25) is 4.90 Å². The fraction of sp³-hybridized carbons (Fsp3) is 0.846. The second kappa shape index (κ2) is 6.73. The van der Waals surface area contributed by atoms with Gasteiger partial charge in [-0.1, -0.05) is 6.42 Å². The molecule has 1 heterocycles. The SMILES string of the molecule is CCOC(=O)C(C)(C(=O)OCC)N1CCCCC1. The van der Waals surface area contributed by atoms with E-state index in [2.05, 4.69) is 0 Å². The summed E-state index contributed by atoms with van der Waals surface area (Å²) in [4.78, 5) is 26.1. The Labute approximate surface area is 108 Å². The average Bonchev–Trinajstić information content (AvgIpc) is 2.39. The zero-order valence-electron chi connectivity index (χ0n) is 11.5. The van der Waals surface area contributed by atoms with Gasteiger partial charge in [-0.15, -0.1) is 0 Å². The molecule has 0 unspecified atom stereocenters. The van der Waals surface area contributed by atoms with Crippen LogP contribution < -0.4 is 0 Å². The minimum Gasteiger partial charge on any atom is -0.464 e. The van der Waals surface area contributed by atoms with Crippen molar-refractivity contribution >= 4 is 11.9 Å². The molecule has 0 aromatic rings. The van der Waals surface area contributed by atoms with Gasteiger partial charge in [0.15, 0.2) is 0 Å². The number of carbonyl (C=O) groups is 2. The number of likely N-dealkylation sites (tertiary alicyclic amines) is 1. The Kier molecular flexibility index (Phi) is 5.59. The Hall–Kier alpha value is -1.10. The predicted octanol–water partition coefficient (Wildman–Crippen LogP) is 1.36. The molecule has 0 radical (unpaired) electrons. The number of nitrogens with zero attached hydrogens (tertiary/aromatic N) is 1. The molecule has 5 nitrogen and oxygen atoms in total. The Morgan fingerprint density at radius 1 is 1.00 bits per heavy atom. The molecule has 5 heteroatoms. The van der Waals surface area contributed by atoms with Crippen LogP contribution in [0.1, 0.15) is 40.0 Å². The highest BCUT2D eigenvalue weighted by Gasteiger charge is 2.49. The molecule has 1 fully saturated rings. The molecular weight excluding hydrogens is 234 g/mol. The van der Waals surface area contributed by atoms with Crippen molar-refractivity contribution in [3.8, 4) is 0 Å². The van der Waals surface area contributed by atoms with E-state index in [-0.39, 0.29) is 13.2 Å². The van der Waals surface area contributed by atoms with E-state index in [1.807, 2.05) is 4.90 Å². The maximum Gasteiger partial charge on any atom is 0.338 e. The van der Waals surface area contributed by atoms with Crippen LogP contribution in [0.4, 0.5) is 0 Å². The van der Waals surface area contributed by atoms with Gasteiger partial charge >= 0.3 is 11.9 Å². The lowest BCUT2D eigenvalue weighted by Crippen LogP contribution is -2.60. The highest BCUT2D eigenvalue weighted by molar-refractivity contribution is 6.04. The maximum atomic E-state index is 12.1. The molecule has 0 saturated carbocycles. The first-order valence-corrected chi connectivity index (χ1v) is 6.66. The second-order valence-electron chi connectivity index (χ2n) is 4.56. The van der Waals surface area contributed by atoms with Crippen molar-refractivity contribution in [3.63, 3.8) is 0 Å². The van der Waals surface area contributed by atoms with Crippen molar-refractivity contribution in [1.82, 2.24) is 4.90 Å². The molecule has 1 aliphatic rings. The average molecular weight is 257 g/mol. The normalized spacial score (nSPS) is 17.3. The molecule has 1 aliphatic heterocycles. The van der Waals surface area contributed by atoms with Crippen molar-refractivity contribution in [3.05, 3.63) is 0 Å². The van der Waals surface area contributed by atoms with Gasteiger partial charge < -0.3 is 9.47 Å². The second-order valence-corrected chi connectivity index (χ2v) is 4.56. The Bertz CT molecular complexity index is 279. The molecular formula is C13H23NO4. The largest absolute Gasteiger partial charge is 0.464 e. The van der Waals surface area contributed by atoms with Crippen LogP contribution in [0.3, 0.4) is 0 Å². The van der Waals surface area contributed by atoms with E-state index < -0.39 is 17.5 Å². The van der Waals surface area contributed by atoms with Gasteiger partial charge in [-0.05, 0) is 46.7 Å². The first kappa shape index (κ1) is 15.0. The van der Waals surface area contributed by atoms with E-state index in [1.54, 1.807) is 20.8 Å². The number of hydrogen-bond acceptors (Lipinski definition) is 5. The summed E-state index contributed by atoms with van der Waals surface area (Å²) in [5.74, 6) is -1.02. The maximum absolute atomic E-state index is 12.1. The van der Waals surface area contributed by atoms with Crippen LogP contribution in [-0.2, 0) is 19.1 Å². The van der Waals surface area contributed by atoms with Crippen molar-refractivity contribution in [1.29, 1.82) is 0 Å². The zero-order valence-corrected chi connectivity index (χ0v) is 11.5. The first-order valence-electron chi connectivity index (χ1n) is 6.66. The van der Waals surface area contributed by atoms with Gasteiger partial charge in [0.2, 0.25) is 5.54 Å². The van der Waals surface area contributed by atoms with Crippen LogP contribution in [0.2, 0.25) is 0 Å². The summed E-state index contributed by atoms with van der Waals surface area (Å²) in [6.07, 6.45) is 3.13. The van der Waals surface area contributed by atoms with Crippen LogP contribution >= 0.6 is 0 Å². The highest BCUT2D eigenvalue weighted by Crippen LogP contribution is 2.24. The van der Waals surface area contributed by atoms with E-state index in [9.17, 15) is 9.59 Å². The van der Waals surface area contributed by atoms with Crippen LogP contribution in [-0.4, -0.2) is 48.7 Å². The van der Waals surface area contributed by atoms with Gasteiger partial charge in [0.1, 0.15) is 0 Å². The van der Waals surface area contributed by atoms with E-state index in [0.717, 1.165) is 32.4 Å². The molecule has 104 valence electrons. The highest BCUT2D eigenvalue weighted by atomic mass is 16.6. The summed E-state index contributed by atoms with van der Waals surface area (Å²) in [5.41, 5.74) is -1.30. The Morgan fingerprint density at radius 2 is 1.44 bits per heavy atom. The number of rotatable bonds is 5. The van der Waals surface area contributed by atoms with Crippen molar-refractivity contribution < 1.29 is 19.1 Å². The van der Waals surface area contributed by atoms with Gasteiger partial charge in [-0.25, -0.2) is 9.59 Å². The molecule has 0 aromatic carbocycles. The van der Waals surface area contributed by atoms with Crippen LogP contribution in [0, 0.1) is 0 Å². The third-order valence-corrected chi connectivity index (χ3v) is 3.33. The standard InChI is InChI=1S/C13H23NO4/c1-4-17-11(15)13(3,12(16)18-5-2)14-9-7-6-8-10-14/h4-10H2,1-3H3. The lowest BCUT2D eigenvalue weighted by Gasteiger charge is -2.39. The third-order valence-electron chi connectivity index (χ3n) is 3.33. The smallest absolute Gasteiger partial charge is 0.338 e. The van der Waals surface area contributed by atoms with Crippen molar-refractivity contribution in [2.45, 2.75) is 45.6 Å². The van der Waals surface area contributed by atoms with Gasteiger partial charge in [-0.2, -0.15) is 0 Å².